The van der Waals surface area contributed by atoms with Crippen LogP contribution in [0.25, 0.3) is 0 Å². The lowest BCUT2D eigenvalue weighted by Gasteiger charge is -2.22. The van der Waals surface area contributed by atoms with Crippen LogP contribution in [0.2, 0.25) is 0 Å². The molecule has 0 unspecified atom stereocenters. The Kier molecular flexibility index (Phi) is 7.97. The van der Waals surface area contributed by atoms with E-state index in [4.69, 9.17) is 5.73 Å². The van der Waals surface area contributed by atoms with Gasteiger partial charge in [-0.1, -0.05) is 48.0 Å². The molecular formula is C20H27N3O3S. The first-order valence-corrected chi connectivity index (χ1v) is 10.5. The molecule has 27 heavy (non-hydrogen) atoms. The van der Waals surface area contributed by atoms with Crippen LogP contribution in [-0.2, 0) is 21.2 Å². The fourth-order valence-electron chi connectivity index (χ4n) is 2.68. The van der Waals surface area contributed by atoms with Crippen molar-refractivity contribution in [3.8, 4) is 0 Å². The molecule has 0 saturated carbocycles. The Hall–Kier alpha value is -2.22. The minimum Gasteiger partial charge on any atom is -0.341 e. The van der Waals surface area contributed by atoms with E-state index in [9.17, 15) is 13.2 Å². The summed E-state index contributed by atoms with van der Waals surface area (Å²) in [6.07, 6.45) is 0.835. The summed E-state index contributed by atoms with van der Waals surface area (Å²) in [7, 11) is -3.61. The molecule has 0 aromatic heterocycles. The summed E-state index contributed by atoms with van der Waals surface area (Å²) in [5, 5.41) is 0. The van der Waals surface area contributed by atoms with Crippen molar-refractivity contribution in [1.29, 1.82) is 0 Å². The minimum atomic E-state index is -3.61. The van der Waals surface area contributed by atoms with E-state index in [0.717, 1.165) is 17.5 Å². The Morgan fingerprint density at radius 3 is 2.33 bits per heavy atom. The zero-order valence-electron chi connectivity index (χ0n) is 15.6. The Bertz CT molecular complexity index is 821. The quantitative estimate of drug-likeness (QED) is 0.647. The average molecular weight is 390 g/mol. The van der Waals surface area contributed by atoms with Crippen LogP contribution in [0.15, 0.2) is 59.5 Å². The maximum absolute atomic E-state index is 12.5. The van der Waals surface area contributed by atoms with Crippen molar-refractivity contribution in [3.63, 3.8) is 0 Å². The number of carbonyl (C=O) groups excluding carboxylic acids is 1. The molecule has 0 spiro atoms. The molecule has 2 rings (SSSR count). The number of rotatable bonds is 10. The number of hydrogen-bond donors (Lipinski definition) is 2. The van der Waals surface area contributed by atoms with Gasteiger partial charge in [0.2, 0.25) is 15.9 Å². The summed E-state index contributed by atoms with van der Waals surface area (Å²) in [6, 6.07) is 16.5. The Labute approximate surface area is 161 Å². The smallest absolute Gasteiger partial charge is 0.240 e. The average Bonchev–Trinajstić information content (AvgIpc) is 2.66. The van der Waals surface area contributed by atoms with Crippen molar-refractivity contribution in [3.05, 3.63) is 65.7 Å². The van der Waals surface area contributed by atoms with Gasteiger partial charge in [0.25, 0.3) is 0 Å². The molecule has 0 bridgehead atoms. The molecule has 3 N–H and O–H groups in total. The second-order valence-corrected chi connectivity index (χ2v) is 8.13. The second kappa shape index (κ2) is 10.2. The van der Waals surface area contributed by atoms with Gasteiger partial charge in [0.05, 0.1) is 4.90 Å². The van der Waals surface area contributed by atoms with Crippen LogP contribution in [0.4, 0.5) is 0 Å². The molecule has 0 heterocycles. The summed E-state index contributed by atoms with van der Waals surface area (Å²) in [6.45, 7) is 3.34. The number of sulfonamides is 1. The molecule has 0 aliphatic heterocycles. The van der Waals surface area contributed by atoms with Crippen molar-refractivity contribution in [1.82, 2.24) is 9.62 Å². The first-order chi connectivity index (χ1) is 12.9. The van der Waals surface area contributed by atoms with Crippen LogP contribution in [0.3, 0.4) is 0 Å². The third-order valence-corrected chi connectivity index (χ3v) is 5.70. The predicted octanol–water partition coefficient (Wildman–Crippen LogP) is 1.69. The van der Waals surface area contributed by atoms with Crippen LogP contribution >= 0.6 is 0 Å². The van der Waals surface area contributed by atoms with Crippen molar-refractivity contribution < 1.29 is 13.2 Å². The number of nitrogens with two attached hydrogens (primary N) is 1. The van der Waals surface area contributed by atoms with Crippen LogP contribution in [0.1, 0.15) is 17.5 Å². The molecular weight excluding hydrogens is 362 g/mol. The van der Waals surface area contributed by atoms with Gasteiger partial charge < -0.3 is 10.6 Å². The van der Waals surface area contributed by atoms with Crippen LogP contribution in [-0.4, -0.2) is 45.4 Å². The molecule has 0 fully saturated rings. The van der Waals surface area contributed by atoms with E-state index >= 15 is 0 Å². The molecule has 2 aromatic carbocycles. The molecule has 0 radical (unpaired) electrons. The van der Waals surface area contributed by atoms with Gasteiger partial charge in [-0.25, -0.2) is 13.1 Å². The monoisotopic (exact) mass is 389 g/mol. The highest BCUT2D eigenvalue weighted by Gasteiger charge is 2.16. The minimum absolute atomic E-state index is 0.0570. The molecule has 6 nitrogen and oxygen atoms in total. The maximum Gasteiger partial charge on any atom is 0.240 e. The van der Waals surface area contributed by atoms with E-state index in [0.29, 0.717) is 19.6 Å². The zero-order valence-corrected chi connectivity index (χ0v) is 16.4. The molecule has 7 heteroatoms. The van der Waals surface area contributed by atoms with E-state index in [1.54, 1.807) is 29.2 Å². The van der Waals surface area contributed by atoms with Crippen molar-refractivity contribution in [2.45, 2.75) is 24.7 Å². The number of aryl methyl sites for hydroxylation is 1. The van der Waals surface area contributed by atoms with Gasteiger partial charge >= 0.3 is 0 Å². The number of hydrogen-bond acceptors (Lipinski definition) is 4. The number of amides is 1. The molecule has 146 valence electrons. The summed E-state index contributed by atoms with van der Waals surface area (Å²) in [5.74, 6) is -0.108. The van der Waals surface area contributed by atoms with Gasteiger partial charge in [0, 0.05) is 32.6 Å². The zero-order chi connectivity index (χ0) is 19.7. The lowest BCUT2D eigenvalue weighted by atomic mass is 10.1. The predicted molar refractivity (Wildman–Crippen MR) is 107 cm³/mol. The van der Waals surface area contributed by atoms with Crippen LogP contribution in [0.5, 0.6) is 0 Å². The fourth-order valence-corrected chi connectivity index (χ4v) is 3.71. The molecule has 2 aromatic rings. The molecule has 0 aliphatic rings. The molecule has 0 atom stereocenters. The summed E-state index contributed by atoms with van der Waals surface area (Å²) >= 11 is 0. The van der Waals surface area contributed by atoms with Crippen molar-refractivity contribution in [2.24, 2.45) is 5.73 Å². The van der Waals surface area contributed by atoms with Crippen molar-refractivity contribution in [2.75, 3.05) is 26.2 Å². The highest BCUT2D eigenvalue weighted by atomic mass is 32.2. The normalized spacial score (nSPS) is 11.3. The van der Waals surface area contributed by atoms with E-state index in [-0.39, 0.29) is 23.8 Å². The fraction of sp³-hybridized carbons (Fsp3) is 0.350. The van der Waals surface area contributed by atoms with Gasteiger partial charge in [-0.05, 0) is 31.0 Å². The number of nitrogens with zero attached hydrogens (tertiary/aromatic N) is 1. The third kappa shape index (κ3) is 6.78. The van der Waals surface area contributed by atoms with Crippen LogP contribution in [0, 0.1) is 6.92 Å². The largest absolute Gasteiger partial charge is 0.341 e. The third-order valence-electron chi connectivity index (χ3n) is 4.23. The van der Waals surface area contributed by atoms with E-state index in [1.165, 1.54) is 0 Å². The number of benzene rings is 2. The SMILES string of the molecule is Cc1ccc(S(=O)(=O)NCCC(=O)N(CCN)CCc2ccccc2)cc1. The van der Waals surface area contributed by atoms with Gasteiger partial charge in [0.15, 0.2) is 0 Å². The lowest BCUT2D eigenvalue weighted by Crippen LogP contribution is -2.38. The maximum atomic E-state index is 12.5. The van der Waals surface area contributed by atoms with E-state index in [2.05, 4.69) is 4.72 Å². The topological polar surface area (TPSA) is 92.5 Å². The summed E-state index contributed by atoms with van der Waals surface area (Å²) in [4.78, 5) is 14.3. The first kappa shape index (κ1) is 21.1. The molecule has 0 aliphatic carbocycles. The highest BCUT2D eigenvalue weighted by molar-refractivity contribution is 7.89. The first-order valence-electron chi connectivity index (χ1n) is 9.00. The Balaban J connectivity index is 1.86. The lowest BCUT2D eigenvalue weighted by molar-refractivity contribution is -0.130. The van der Waals surface area contributed by atoms with E-state index in [1.807, 2.05) is 37.3 Å². The Morgan fingerprint density at radius 2 is 1.70 bits per heavy atom. The van der Waals surface area contributed by atoms with Crippen molar-refractivity contribution >= 4 is 15.9 Å². The summed E-state index contributed by atoms with van der Waals surface area (Å²) in [5.41, 5.74) is 7.75. The molecule has 1 amide bonds. The number of nitrogens with one attached hydrogen (secondary N) is 1. The van der Waals surface area contributed by atoms with Gasteiger partial charge in [-0.2, -0.15) is 0 Å². The summed E-state index contributed by atoms with van der Waals surface area (Å²) < 4.78 is 27.0. The van der Waals surface area contributed by atoms with E-state index < -0.39 is 10.0 Å². The highest BCUT2D eigenvalue weighted by Crippen LogP contribution is 2.10. The molecule has 0 saturated heterocycles. The Morgan fingerprint density at radius 1 is 1.04 bits per heavy atom. The van der Waals surface area contributed by atoms with Gasteiger partial charge in [0.1, 0.15) is 0 Å². The van der Waals surface area contributed by atoms with Crippen LogP contribution < -0.4 is 10.5 Å². The number of carbonyl (C=O) groups is 1. The standard InChI is InChI=1S/C20H27N3O3S/c1-17-7-9-19(10-8-17)27(25,26)22-14-11-20(24)23(16-13-21)15-12-18-5-3-2-4-6-18/h2-10,22H,11-16,21H2,1H3. The van der Waals surface area contributed by atoms with Gasteiger partial charge in [-0.3, -0.25) is 4.79 Å². The second-order valence-electron chi connectivity index (χ2n) is 6.37. The van der Waals surface area contributed by atoms with Gasteiger partial charge in [-0.15, -0.1) is 0 Å².